The first-order valence-electron chi connectivity index (χ1n) is 16.0. The van der Waals surface area contributed by atoms with Crippen molar-refractivity contribution < 1.29 is 0 Å². The molecule has 0 spiro atoms. The SMILES string of the molecule is CCCCCCCCc1ccc2cc3c(cc2c1)sc1c2cc4ccc(CCCCCCCC)cc4cc2sc31. The van der Waals surface area contributed by atoms with Crippen LogP contribution >= 0.6 is 22.7 Å². The van der Waals surface area contributed by atoms with Crippen LogP contribution in [0.4, 0.5) is 0 Å². The molecule has 0 aliphatic carbocycles. The summed E-state index contributed by atoms with van der Waals surface area (Å²) >= 11 is 3.98. The standard InChI is InChI=1S/C38H44S2/c1-3-5-7-9-11-13-15-27-17-19-29-23-33-35(25-31(29)21-27)39-38-34-24-30-20-18-28(16-14-12-10-8-6-4-2)22-32(30)26-36(34)40-37(33)38/h17-26H,3-16H2,1-2H3. The van der Waals surface area contributed by atoms with Gasteiger partial charge in [-0.1, -0.05) is 114 Å². The lowest BCUT2D eigenvalue weighted by Gasteiger charge is -2.05. The average Bonchev–Trinajstić information content (AvgIpc) is 3.49. The minimum atomic E-state index is 1.21. The fourth-order valence-electron chi connectivity index (χ4n) is 6.37. The lowest BCUT2D eigenvalue weighted by atomic mass is 10.0. The maximum absolute atomic E-state index is 2.45. The Morgan fingerprint density at radius 3 is 1.30 bits per heavy atom. The van der Waals surface area contributed by atoms with Crippen LogP contribution in [-0.2, 0) is 12.8 Å². The third-order valence-electron chi connectivity index (χ3n) is 8.76. The molecule has 0 saturated carbocycles. The highest BCUT2D eigenvalue weighted by Crippen LogP contribution is 2.46. The zero-order valence-electron chi connectivity index (χ0n) is 24.5. The number of unbranched alkanes of at least 4 members (excludes halogenated alkanes) is 10. The van der Waals surface area contributed by atoms with Crippen LogP contribution in [0.15, 0.2) is 60.7 Å². The van der Waals surface area contributed by atoms with Gasteiger partial charge in [0.2, 0.25) is 0 Å². The van der Waals surface area contributed by atoms with Gasteiger partial charge in [-0.25, -0.2) is 0 Å². The van der Waals surface area contributed by atoms with E-state index >= 15 is 0 Å². The van der Waals surface area contributed by atoms with Crippen molar-refractivity contribution in [1.82, 2.24) is 0 Å². The minimum Gasteiger partial charge on any atom is -0.134 e. The first kappa shape index (κ1) is 27.7. The van der Waals surface area contributed by atoms with Crippen LogP contribution in [0.3, 0.4) is 0 Å². The second kappa shape index (κ2) is 13.0. The summed E-state index contributed by atoms with van der Waals surface area (Å²) in [5.74, 6) is 0. The van der Waals surface area contributed by atoms with Gasteiger partial charge in [0, 0.05) is 20.2 Å². The molecular weight excluding hydrogens is 521 g/mol. The predicted molar refractivity (Wildman–Crippen MR) is 184 cm³/mol. The molecule has 0 saturated heterocycles. The second-order valence-corrected chi connectivity index (χ2v) is 14.1. The number of fused-ring (bicyclic) bond motifs is 7. The Labute approximate surface area is 248 Å². The zero-order valence-corrected chi connectivity index (χ0v) is 26.1. The summed E-state index contributed by atoms with van der Waals surface area (Å²) in [6.07, 6.45) is 18.7. The van der Waals surface area contributed by atoms with Gasteiger partial charge < -0.3 is 0 Å². The van der Waals surface area contributed by atoms with Gasteiger partial charge in [0.25, 0.3) is 0 Å². The molecular formula is C38H44S2. The lowest BCUT2D eigenvalue weighted by molar-refractivity contribution is 0.607. The van der Waals surface area contributed by atoms with E-state index in [1.54, 1.807) is 0 Å². The molecule has 208 valence electrons. The molecule has 0 amide bonds. The molecule has 40 heavy (non-hydrogen) atoms. The molecule has 0 atom stereocenters. The van der Waals surface area contributed by atoms with Gasteiger partial charge in [0.05, 0.1) is 9.40 Å². The van der Waals surface area contributed by atoms with Crippen molar-refractivity contribution in [2.24, 2.45) is 0 Å². The summed E-state index contributed by atoms with van der Waals surface area (Å²) in [7, 11) is 0. The fourth-order valence-corrected chi connectivity index (χ4v) is 9.07. The van der Waals surface area contributed by atoms with E-state index in [-0.39, 0.29) is 0 Å². The summed E-state index contributed by atoms with van der Waals surface area (Å²) < 4.78 is 5.80. The van der Waals surface area contributed by atoms with Crippen molar-refractivity contribution >= 4 is 73.8 Å². The van der Waals surface area contributed by atoms with E-state index in [9.17, 15) is 0 Å². The molecule has 0 radical (unpaired) electrons. The highest BCUT2D eigenvalue weighted by Gasteiger charge is 2.14. The summed E-state index contributed by atoms with van der Waals surface area (Å²) in [6, 6.07) is 24.1. The summed E-state index contributed by atoms with van der Waals surface area (Å²) in [4.78, 5) is 0. The molecule has 2 heterocycles. The largest absolute Gasteiger partial charge is 0.134 e. The monoisotopic (exact) mass is 564 g/mol. The Hall–Kier alpha value is -2.42. The number of benzene rings is 4. The number of hydrogen-bond donors (Lipinski definition) is 0. The third kappa shape index (κ3) is 6.09. The van der Waals surface area contributed by atoms with E-state index in [0.29, 0.717) is 0 Å². The van der Waals surface area contributed by atoms with Gasteiger partial charge >= 0.3 is 0 Å². The summed E-state index contributed by atoms with van der Waals surface area (Å²) in [5, 5.41) is 8.42. The van der Waals surface area contributed by atoms with Crippen molar-refractivity contribution in [1.29, 1.82) is 0 Å². The molecule has 0 aliphatic heterocycles. The molecule has 6 aromatic rings. The Kier molecular flexibility index (Phi) is 9.05. The summed E-state index contributed by atoms with van der Waals surface area (Å²) in [6.45, 7) is 4.58. The van der Waals surface area contributed by atoms with E-state index < -0.39 is 0 Å². The highest BCUT2D eigenvalue weighted by molar-refractivity contribution is 7.36. The molecule has 0 aliphatic rings. The van der Waals surface area contributed by atoms with Gasteiger partial charge in [-0.3, -0.25) is 0 Å². The van der Waals surface area contributed by atoms with Gasteiger partial charge in [0.1, 0.15) is 0 Å². The van der Waals surface area contributed by atoms with Crippen molar-refractivity contribution in [3.05, 3.63) is 71.8 Å². The van der Waals surface area contributed by atoms with Crippen molar-refractivity contribution in [3.63, 3.8) is 0 Å². The minimum absolute atomic E-state index is 1.21. The molecule has 0 N–H and O–H groups in total. The van der Waals surface area contributed by atoms with Gasteiger partial charge in [0.15, 0.2) is 0 Å². The molecule has 0 unspecified atom stereocenters. The Morgan fingerprint density at radius 2 is 0.850 bits per heavy atom. The van der Waals surface area contributed by atoms with E-state index in [1.165, 1.54) is 152 Å². The van der Waals surface area contributed by atoms with E-state index in [4.69, 9.17) is 0 Å². The van der Waals surface area contributed by atoms with Crippen molar-refractivity contribution in [2.45, 2.75) is 104 Å². The van der Waals surface area contributed by atoms with E-state index in [2.05, 4.69) is 74.5 Å². The number of thiophene rings is 2. The highest BCUT2D eigenvalue weighted by atomic mass is 32.1. The molecule has 0 bridgehead atoms. The maximum atomic E-state index is 2.45. The third-order valence-corrected chi connectivity index (χ3v) is 11.3. The molecule has 6 rings (SSSR count). The average molecular weight is 565 g/mol. The lowest BCUT2D eigenvalue weighted by Crippen LogP contribution is -1.87. The number of rotatable bonds is 14. The van der Waals surface area contributed by atoms with E-state index in [0.717, 1.165) is 0 Å². The van der Waals surface area contributed by atoms with Crippen molar-refractivity contribution in [2.75, 3.05) is 0 Å². The maximum Gasteiger partial charge on any atom is 0.0542 e. The molecule has 0 fully saturated rings. The summed E-state index contributed by atoms with van der Waals surface area (Å²) in [5.41, 5.74) is 2.99. The van der Waals surface area contributed by atoms with Crippen LogP contribution in [0.1, 0.15) is 102 Å². The smallest absolute Gasteiger partial charge is 0.0542 e. The van der Waals surface area contributed by atoms with E-state index in [1.807, 2.05) is 22.7 Å². The van der Waals surface area contributed by atoms with Crippen LogP contribution in [-0.4, -0.2) is 0 Å². The zero-order chi connectivity index (χ0) is 27.3. The molecule has 0 nitrogen and oxygen atoms in total. The second-order valence-electron chi connectivity index (χ2n) is 12.0. The predicted octanol–water partition coefficient (Wildman–Crippen LogP) is 13.4. The quantitative estimate of drug-likeness (QED) is 0.115. The molecule has 2 aromatic heterocycles. The normalized spacial score (nSPS) is 12.2. The fraction of sp³-hybridized carbons (Fsp3) is 0.421. The van der Waals surface area contributed by atoms with Crippen LogP contribution in [0, 0.1) is 0 Å². The topological polar surface area (TPSA) is 0 Å². The number of hydrogen-bond acceptors (Lipinski definition) is 2. The van der Waals surface area contributed by atoms with Gasteiger partial charge in [-0.2, -0.15) is 0 Å². The van der Waals surface area contributed by atoms with Gasteiger partial charge in [-0.05, 0) is 82.6 Å². The van der Waals surface area contributed by atoms with Crippen molar-refractivity contribution in [3.8, 4) is 0 Å². The van der Waals surface area contributed by atoms with Crippen LogP contribution in [0.2, 0.25) is 0 Å². The Balaban J connectivity index is 1.23. The number of aryl methyl sites for hydroxylation is 2. The molecule has 4 aromatic carbocycles. The Bertz CT molecular complexity index is 1600. The Morgan fingerprint density at radius 1 is 0.425 bits per heavy atom. The van der Waals surface area contributed by atoms with Crippen LogP contribution < -0.4 is 0 Å². The first-order valence-corrected chi connectivity index (χ1v) is 17.6. The first-order chi connectivity index (χ1) is 19.7. The molecule has 2 heteroatoms. The van der Waals surface area contributed by atoms with Crippen LogP contribution in [0.25, 0.3) is 51.1 Å². The van der Waals surface area contributed by atoms with Gasteiger partial charge in [-0.15, -0.1) is 22.7 Å². The van der Waals surface area contributed by atoms with Crippen LogP contribution in [0.5, 0.6) is 0 Å².